The van der Waals surface area contributed by atoms with Crippen molar-refractivity contribution < 1.29 is 4.79 Å². The SMILES string of the molecule is CCN(CCNC(=O)c1cc2c(s1)CCCC2)C(C)C. The molecular weight excluding hydrogens is 268 g/mol. The lowest BCUT2D eigenvalue weighted by atomic mass is 9.99. The van der Waals surface area contributed by atoms with E-state index in [4.69, 9.17) is 0 Å². The van der Waals surface area contributed by atoms with Gasteiger partial charge in [-0.15, -0.1) is 11.3 Å². The van der Waals surface area contributed by atoms with Crippen LogP contribution in [0.1, 0.15) is 53.7 Å². The Bertz CT molecular complexity index is 430. The quantitative estimate of drug-likeness (QED) is 0.874. The fourth-order valence-electron chi connectivity index (χ4n) is 2.78. The minimum absolute atomic E-state index is 0.101. The molecule has 1 aromatic heterocycles. The van der Waals surface area contributed by atoms with Crippen LogP contribution in [0.15, 0.2) is 6.07 Å². The molecule has 112 valence electrons. The summed E-state index contributed by atoms with van der Waals surface area (Å²) in [5, 5.41) is 3.06. The summed E-state index contributed by atoms with van der Waals surface area (Å²) < 4.78 is 0. The highest BCUT2D eigenvalue weighted by Crippen LogP contribution is 2.29. The number of carbonyl (C=O) groups excluding carboxylic acids is 1. The van der Waals surface area contributed by atoms with E-state index in [0.717, 1.165) is 37.4 Å². The first-order valence-corrected chi connectivity index (χ1v) is 8.57. The normalized spacial score (nSPS) is 14.7. The van der Waals surface area contributed by atoms with Gasteiger partial charge in [-0.2, -0.15) is 0 Å². The monoisotopic (exact) mass is 294 g/mol. The van der Waals surface area contributed by atoms with E-state index in [9.17, 15) is 4.79 Å². The van der Waals surface area contributed by atoms with Crippen molar-refractivity contribution in [3.8, 4) is 0 Å². The van der Waals surface area contributed by atoms with E-state index in [1.54, 1.807) is 11.3 Å². The molecule has 0 spiro atoms. The van der Waals surface area contributed by atoms with Gasteiger partial charge in [0.05, 0.1) is 4.88 Å². The highest BCUT2D eigenvalue weighted by molar-refractivity contribution is 7.14. The minimum atomic E-state index is 0.101. The molecule has 2 rings (SSSR count). The van der Waals surface area contributed by atoms with Crippen LogP contribution in [0.2, 0.25) is 0 Å². The second kappa shape index (κ2) is 7.23. The van der Waals surface area contributed by atoms with Gasteiger partial charge in [-0.25, -0.2) is 0 Å². The molecular formula is C16H26N2OS. The summed E-state index contributed by atoms with van der Waals surface area (Å²) in [4.78, 5) is 16.9. The van der Waals surface area contributed by atoms with E-state index in [-0.39, 0.29) is 5.91 Å². The number of likely N-dealkylation sites (N-methyl/N-ethyl adjacent to an activating group) is 1. The number of thiophene rings is 1. The molecule has 3 nitrogen and oxygen atoms in total. The van der Waals surface area contributed by atoms with E-state index in [0.29, 0.717) is 6.04 Å². The maximum absolute atomic E-state index is 12.2. The maximum atomic E-state index is 12.2. The van der Waals surface area contributed by atoms with Crippen LogP contribution in [-0.4, -0.2) is 36.5 Å². The highest BCUT2D eigenvalue weighted by atomic mass is 32.1. The lowest BCUT2D eigenvalue weighted by Gasteiger charge is -2.24. The zero-order chi connectivity index (χ0) is 14.5. The molecule has 1 N–H and O–H groups in total. The molecule has 0 radical (unpaired) electrons. The van der Waals surface area contributed by atoms with Crippen molar-refractivity contribution >= 4 is 17.2 Å². The Labute approximate surface area is 126 Å². The number of fused-ring (bicyclic) bond motifs is 1. The highest BCUT2D eigenvalue weighted by Gasteiger charge is 2.17. The number of hydrogen-bond acceptors (Lipinski definition) is 3. The lowest BCUT2D eigenvalue weighted by molar-refractivity contribution is 0.0950. The van der Waals surface area contributed by atoms with Gasteiger partial charge < -0.3 is 5.32 Å². The number of rotatable bonds is 6. The topological polar surface area (TPSA) is 32.3 Å². The molecule has 1 aliphatic rings. The zero-order valence-corrected chi connectivity index (χ0v) is 13.7. The molecule has 4 heteroatoms. The number of amides is 1. The predicted octanol–water partition coefficient (Wildman–Crippen LogP) is 3.09. The van der Waals surface area contributed by atoms with Crippen LogP contribution in [0.4, 0.5) is 0 Å². The average Bonchev–Trinajstić information content (AvgIpc) is 2.87. The first kappa shape index (κ1) is 15.5. The standard InChI is InChI=1S/C16H26N2OS/c1-4-18(12(2)3)10-9-17-16(19)15-11-13-7-5-6-8-14(13)20-15/h11-12H,4-10H2,1-3H3,(H,17,19). The molecule has 0 saturated heterocycles. The van der Waals surface area contributed by atoms with Gasteiger partial charge in [0, 0.05) is 24.0 Å². The third-order valence-electron chi connectivity index (χ3n) is 4.04. The van der Waals surface area contributed by atoms with E-state index in [1.807, 2.05) is 0 Å². The number of hydrogen-bond donors (Lipinski definition) is 1. The summed E-state index contributed by atoms with van der Waals surface area (Å²) >= 11 is 1.69. The third-order valence-corrected chi connectivity index (χ3v) is 5.28. The Morgan fingerprint density at radius 3 is 2.80 bits per heavy atom. The molecule has 1 aromatic rings. The van der Waals surface area contributed by atoms with Gasteiger partial charge in [0.15, 0.2) is 0 Å². The largest absolute Gasteiger partial charge is 0.350 e. The Hall–Kier alpha value is -0.870. The van der Waals surface area contributed by atoms with Crippen LogP contribution in [0.5, 0.6) is 0 Å². The molecule has 1 heterocycles. The van der Waals surface area contributed by atoms with Crippen molar-refractivity contribution in [2.75, 3.05) is 19.6 Å². The summed E-state index contributed by atoms with van der Waals surface area (Å²) in [5.41, 5.74) is 1.41. The smallest absolute Gasteiger partial charge is 0.261 e. The van der Waals surface area contributed by atoms with Crippen molar-refractivity contribution in [3.63, 3.8) is 0 Å². The van der Waals surface area contributed by atoms with E-state index < -0.39 is 0 Å². The third kappa shape index (κ3) is 3.83. The Morgan fingerprint density at radius 1 is 1.40 bits per heavy atom. The van der Waals surface area contributed by atoms with Crippen LogP contribution < -0.4 is 5.32 Å². The van der Waals surface area contributed by atoms with Crippen LogP contribution >= 0.6 is 11.3 Å². The molecule has 1 amide bonds. The van der Waals surface area contributed by atoms with Crippen LogP contribution in [0, 0.1) is 0 Å². The Kier molecular flexibility index (Phi) is 5.61. The van der Waals surface area contributed by atoms with Gasteiger partial charge in [0.1, 0.15) is 0 Å². The molecule has 0 atom stereocenters. The molecule has 0 saturated carbocycles. The van der Waals surface area contributed by atoms with Crippen LogP contribution in [-0.2, 0) is 12.8 Å². The predicted molar refractivity (Wildman–Crippen MR) is 85.7 cm³/mol. The second-order valence-corrected chi connectivity index (χ2v) is 6.88. The fraction of sp³-hybridized carbons (Fsp3) is 0.688. The van der Waals surface area contributed by atoms with Crippen LogP contribution in [0.25, 0.3) is 0 Å². The Morgan fingerprint density at radius 2 is 2.15 bits per heavy atom. The molecule has 0 unspecified atom stereocenters. The van der Waals surface area contributed by atoms with Crippen molar-refractivity contribution in [2.24, 2.45) is 0 Å². The summed E-state index contributed by atoms with van der Waals surface area (Å²) in [6, 6.07) is 2.64. The Balaban J connectivity index is 1.84. The summed E-state index contributed by atoms with van der Waals surface area (Å²) in [7, 11) is 0. The number of nitrogens with zero attached hydrogens (tertiary/aromatic N) is 1. The number of aryl methyl sites for hydroxylation is 2. The maximum Gasteiger partial charge on any atom is 0.261 e. The van der Waals surface area contributed by atoms with E-state index >= 15 is 0 Å². The molecule has 1 aliphatic carbocycles. The number of carbonyl (C=O) groups is 1. The molecule has 0 bridgehead atoms. The van der Waals surface area contributed by atoms with Crippen molar-refractivity contribution in [2.45, 2.75) is 52.5 Å². The molecule has 0 fully saturated rings. The second-order valence-electron chi connectivity index (χ2n) is 5.74. The molecule has 0 aromatic carbocycles. The van der Waals surface area contributed by atoms with Gasteiger partial charge >= 0.3 is 0 Å². The van der Waals surface area contributed by atoms with Gasteiger partial charge in [-0.1, -0.05) is 6.92 Å². The summed E-state index contributed by atoms with van der Waals surface area (Å²) in [5.74, 6) is 0.101. The average molecular weight is 294 g/mol. The van der Waals surface area contributed by atoms with Crippen molar-refractivity contribution in [1.29, 1.82) is 0 Å². The van der Waals surface area contributed by atoms with E-state index in [1.165, 1.54) is 23.3 Å². The van der Waals surface area contributed by atoms with Gasteiger partial charge in [0.25, 0.3) is 5.91 Å². The lowest BCUT2D eigenvalue weighted by Crippen LogP contribution is -2.38. The van der Waals surface area contributed by atoms with Crippen molar-refractivity contribution in [3.05, 3.63) is 21.4 Å². The minimum Gasteiger partial charge on any atom is -0.350 e. The van der Waals surface area contributed by atoms with Gasteiger partial charge in [-0.3, -0.25) is 9.69 Å². The van der Waals surface area contributed by atoms with Crippen LogP contribution in [0.3, 0.4) is 0 Å². The fourth-order valence-corrected chi connectivity index (χ4v) is 3.95. The van der Waals surface area contributed by atoms with Gasteiger partial charge in [0.2, 0.25) is 0 Å². The van der Waals surface area contributed by atoms with Gasteiger partial charge in [-0.05, 0) is 57.7 Å². The van der Waals surface area contributed by atoms with Crippen molar-refractivity contribution in [1.82, 2.24) is 10.2 Å². The van der Waals surface area contributed by atoms with E-state index in [2.05, 4.69) is 37.1 Å². The summed E-state index contributed by atoms with van der Waals surface area (Å²) in [6.07, 6.45) is 4.85. The first-order valence-electron chi connectivity index (χ1n) is 7.75. The first-order chi connectivity index (χ1) is 9.61. The molecule has 0 aliphatic heterocycles. The number of nitrogens with one attached hydrogen (secondary N) is 1. The zero-order valence-electron chi connectivity index (χ0n) is 12.9. The molecule has 20 heavy (non-hydrogen) atoms. The summed E-state index contributed by atoms with van der Waals surface area (Å²) in [6.45, 7) is 9.23.